The molecule has 208 valence electrons. The number of phenolic OH excluding ortho intramolecular Hbond substituents is 1. The number of phenols is 1. The highest BCUT2D eigenvalue weighted by Gasteiger charge is 2.57. The van der Waals surface area contributed by atoms with E-state index < -0.39 is 40.4 Å². The van der Waals surface area contributed by atoms with E-state index in [0.717, 1.165) is 4.90 Å². The van der Waals surface area contributed by atoms with Crippen molar-refractivity contribution < 1.29 is 33.9 Å². The molecule has 41 heavy (non-hydrogen) atoms. The van der Waals surface area contributed by atoms with Crippen LogP contribution in [0.1, 0.15) is 31.2 Å². The number of hydrogen-bond acceptors (Lipinski definition) is 8. The monoisotopic (exact) mass is 618 g/mol. The first kappa shape index (κ1) is 26.8. The molecule has 3 aliphatic carbocycles. The van der Waals surface area contributed by atoms with Crippen molar-refractivity contribution >= 4 is 50.7 Å². The molecule has 4 atom stereocenters. The van der Waals surface area contributed by atoms with Crippen LogP contribution in [0.3, 0.4) is 0 Å². The van der Waals surface area contributed by atoms with Crippen LogP contribution in [0.15, 0.2) is 75.8 Å². The van der Waals surface area contributed by atoms with Crippen molar-refractivity contribution in [1.29, 1.82) is 0 Å². The molecule has 0 bridgehead atoms. The Labute approximate surface area is 242 Å². The number of non-ortho nitro benzene ring substituents is 1. The number of benzene rings is 2. The highest BCUT2D eigenvalue weighted by Crippen LogP contribution is 2.57. The maximum atomic E-state index is 13.9. The topological polar surface area (TPSA) is 144 Å². The molecule has 1 N–H and O–H groups in total. The lowest BCUT2D eigenvalue weighted by molar-refractivity contribution is -0.384. The maximum Gasteiger partial charge on any atom is 0.269 e. The molecule has 2 aromatic carbocycles. The number of aromatic hydroxyl groups is 1. The van der Waals surface area contributed by atoms with Gasteiger partial charge in [0.15, 0.2) is 23.1 Å². The number of fused-ring (bicyclic) bond motifs is 3. The van der Waals surface area contributed by atoms with Crippen molar-refractivity contribution in [3.8, 4) is 11.5 Å². The minimum absolute atomic E-state index is 0.0748. The highest BCUT2D eigenvalue weighted by atomic mass is 79.9. The number of imide groups is 1. The molecule has 2 aromatic rings. The molecule has 1 saturated heterocycles. The largest absolute Gasteiger partial charge is 0.504 e. The molecule has 0 unspecified atom stereocenters. The minimum atomic E-state index is -0.824. The number of ether oxygens (including phenoxy) is 1. The van der Waals surface area contributed by atoms with Gasteiger partial charge in [0.2, 0.25) is 11.8 Å². The Kier molecular flexibility index (Phi) is 6.49. The molecular formula is C30H23BrN2O8. The van der Waals surface area contributed by atoms with Crippen LogP contribution in [0.5, 0.6) is 11.5 Å². The van der Waals surface area contributed by atoms with E-state index in [4.69, 9.17) is 4.74 Å². The lowest BCUT2D eigenvalue weighted by Gasteiger charge is -2.42. The molecular weight excluding hydrogens is 596 g/mol. The summed E-state index contributed by atoms with van der Waals surface area (Å²) in [6.07, 6.45) is 3.37. The Bertz CT molecular complexity index is 1650. The van der Waals surface area contributed by atoms with E-state index in [1.165, 1.54) is 30.3 Å². The number of nitro benzene ring substituents is 1. The van der Waals surface area contributed by atoms with Crippen LogP contribution in [0.4, 0.5) is 11.4 Å². The van der Waals surface area contributed by atoms with Crippen molar-refractivity contribution in [2.75, 3.05) is 11.5 Å². The van der Waals surface area contributed by atoms with Gasteiger partial charge in [0, 0.05) is 40.8 Å². The van der Waals surface area contributed by atoms with Gasteiger partial charge in [-0.05, 0) is 59.8 Å². The van der Waals surface area contributed by atoms with Gasteiger partial charge < -0.3 is 9.84 Å². The molecule has 10 nitrogen and oxygen atoms in total. The number of para-hydroxylation sites is 1. The molecule has 1 heterocycles. The molecule has 0 saturated carbocycles. The smallest absolute Gasteiger partial charge is 0.269 e. The number of rotatable bonds is 5. The summed E-state index contributed by atoms with van der Waals surface area (Å²) in [5.41, 5.74) is 1.60. The molecule has 0 spiro atoms. The summed E-state index contributed by atoms with van der Waals surface area (Å²) >= 11 is 3.20. The second-order valence-corrected chi connectivity index (χ2v) is 11.2. The van der Waals surface area contributed by atoms with E-state index in [-0.39, 0.29) is 62.9 Å². The number of anilines is 1. The quantitative estimate of drug-likeness (QED) is 0.167. The van der Waals surface area contributed by atoms with Crippen LogP contribution in [-0.4, -0.2) is 40.0 Å². The summed E-state index contributed by atoms with van der Waals surface area (Å²) in [6.45, 7) is 2.07. The van der Waals surface area contributed by atoms with Gasteiger partial charge in [0.25, 0.3) is 5.69 Å². The van der Waals surface area contributed by atoms with Crippen molar-refractivity contribution in [2.45, 2.75) is 25.7 Å². The molecule has 2 amide bonds. The normalized spacial score (nSPS) is 25.4. The van der Waals surface area contributed by atoms with Crippen LogP contribution in [0.25, 0.3) is 0 Å². The Hall–Kier alpha value is -4.38. The first-order valence-corrected chi connectivity index (χ1v) is 13.9. The van der Waals surface area contributed by atoms with Gasteiger partial charge in [-0.3, -0.25) is 34.2 Å². The standard InChI is InChI=1S/C30H23BrN2O8/c1-2-41-23-5-3-4-17(28(23)36)24-16-10-11-18-25(19(16)12-20-26(24)22(34)13-21(31)27(20)35)30(38)32(29(18)37)14-6-8-15(9-7-14)33(39)40/h3-10,13,18-19,24-25,36H,2,11-12H2,1H3/t18-,19+,24+,25-/m0/s1. The fourth-order valence-corrected chi connectivity index (χ4v) is 7.03. The second-order valence-electron chi connectivity index (χ2n) is 10.3. The van der Waals surface area contributed by atoms with Crippen molar-refractivity contribution in [3.63, 3.8) is 0 Å². The summed E-state index contributed by atoms with van der Waals surface area (Å²) in [7, 11) is 0. The third-order valence-corrected chi connectivity index (χ3v) is 8.88. The number of nitrogens with zero attached hydrogens (tertiary/aromatic N) is 2. The average Bonchev–Trinajstić information content (AvgIpc) is 3.21. The van der Waals surface area contributed by atoms with E-state index in [2.05, 4.69) is 15.9 Å². The molecule has 4 aliphatic rings. The zero-order valence-corrected chi connectivity index (χ0v) is 23.3. The molecule has 1 aliphatic heterocycles. The predicted molar refractivity (Wildman–Crippen MR) is 149 cm³/mol. The van der Waals surface area contributed by atoms with Crippen LogP contribution >= 0.6 is 15.9 Å². The van der Waals surface area contributed by atoms with E-state index in [1.54, 1.807) is 25.1 Å². The summed E-state index contributed by atoms with van der Waals surface area (Å²) < 4.78 is 5.69. The number of amides is 2. The number of allylic oxidation sites excluding steroid dienone is 6. The number of carbonyl (C=O) groups is 4. The van der Waals surface area contributed by atoms with Crippen molar-refractivity contribution in [2.24, 2.45) is 17.8 Å². The first-order chi connectivity index (χ1) is 19.6. The van der Waals surface area contributed by atoms with E-state index >= 15 is 0 Å². The van der Waals surface area contributed by atoms with Gasteiger partial charge in [-0.15, -0.1) is 0 Å². The van der Waals surface area contributed by atoms with Gasteiger partial charge in [0.1, 0.15) is 0 Å². The van der Waals surface area contributed by atoms with Crippen molar-refractivity contribution in [3.05, 3.63) is 91.5 Å². The van der Waals surface area contributed by atoms with Crippen LogP contribution in [-0.2, 0) is 19.2 Å². The molecule has 11 heteroatoms. The number of ketones is 2. The number of carbonyl (C=O) groups excluding carboxylic acids is 4. The van der Waals surface area contributed by atoms with E-state index in [9.17, 15) is 34.4 Å². The summed E-state index contributed by atoms with van der Waals surface area (Å²) in [5.74, 6) is -4.52. The Balaban J connectivity index is 1.47. The van der Waals surface area contributed by atoms with E-state index in [1.807, 2.05) is 6.08 Å². The predicted octanol–water partition coefficient (Wildman–Crippen LogP) is 4.67. The van der Waals surface area contributed by atoms with Crippen LogP contribution in [0, 0.1) is 27.9 Å². The zero-order valence-electron chi connectivity index (χ0n) is 21.7. The zero-order chi connectivity index (χ0) is 29.2. The van der Waals surface area contributed by atoms with Crippen LogP contribution < -0.4 is 9.64 Å². The summed E-state index contributed by atoms with van der Waals surface area (Å²) in [6, 6.07) is 10.2. The Morgan fingerprint density at radius 3 is 2.49 bits per heavy atom. The molecule has 6 rings (SSSR count). The molecule has 1 fully saturated rings. The number of halogens is 1. The minimum Gasteiger partial charge on any atom is -0.504 e. The summed E-state index contributed by atoms with van der Waals surface area (Å²) in [5, 5.41) is 22.3. The Morgan fingerprint density at radius 1 is 1.07 bits per heavy atom. The van der Waals surface area contributed by atoms with Crippen molar-refractivity contribution in [1.82, 2.24) is 0 Å². The SMILES string of the molecule is CCOc1cccc([C@H]2C3=CC[C@@H]4C(=O)N(c5ccc([N+](=O)[O-])cc5)C(=O)[C@@H]4[C@@H]3CC3=C2C(=O)C=C(Br)C3=O)c1O. The van der Waals surface area contributed by atoms with Gasteiger partial charge in [-0.25, -0.2) is 0 Å². The third kappa shape index (κ3) is 4.06. The molecule has 0 radical (unpaired) electrons. The fraction of sp³-hybridized carbons (Fsp3) is 0.267. The van der Waals surface area contributed by atoms with Gasteiger partial charge in [-0.2, -0.15) is 0 Å². The summed E-state index contributed by atoms with van der Waals surface area (Å²) in [4.78, 5) is 65.8. The maximum absolute atomic E-state index is 13.9. The highest BCUT2D eigenvalue weighted by molar-refractivity contribution is 9.12. The Morgan fingerprint density at radius 2 is 1.80 bits per heavy atom. The van der Waals surface area contributed by atoms with Gasteiger partial charge in [-0.1, -0.05) is 23.8 Å². The molecule has 0 aromatic heterocycles. The van der Waals surface area contributed by atoms with Gasteiger partial charge in [0.05, 0.1) is 33.5 Å². The second kappa shape index (κ2) is 9.91. The van der Waals surface area contributed by atoms with Crippen LogP contribution in [0.2, 0.25) is 0 Å². The third-order valence-electron chi connectivity index (χ3n) is 8.29. The number of Topliss-reactive ketones (excluding diaryl/α,β-unsaturated/α-hetero) is 1. The lowest BCUT2D eigenvalue weighted by atomic mass is 9.59. The first-order valence-electron chi connectivity index (χ1n) is 13.1. The number of nitro groups is 1. The lowest BCUT2D eigenvalue weighted by Crippen LogP contribution is -2.39. The van der Waals surface area contributed by atoms with E-state index in [0.29, 0.717) is 17.7 Å². The average molecular weight is 619 g/mol. The van der Waals surface area contributed by atoms with Gasteiger partial charge >= 0.3 is 0 Å². The number of hydrogen-bond donors (Lipinski definition) is 1. The fourth-order valence-electron chi connectivity index (χ4n) is 6.58.